The summed E-state index contributed by atoms with van der Waals surface area (Å²) in [6.45, 7) is 5.73. The fourth-order valence-electron chi connectivity index (χ4n) is 0.521. The van der Waals surface area contributed by atoms with Crippen LogP contribution in [-0.2, 0) is 13.9 Å². The molecule has 0 saturated heterocycles. The number of carbonyl (C=O) groups excluding carboxylic acids is 1. The molecule has 1 unspecified atom stereocenters. The molecule has 0 aliphatic rings. The molecule has 0 spiro atoms. The van der Waals surface area contributed by atoms with Gasteiger partial charge in [0.1, 0.15) is 0 Å². The molecule has 0 aromatic carbocycles. The van der Waals surface area contributed by atoms with E-state index in [0.29, 0.717) is 13.0 Å². The molecule has 1 atom stereocenters. The normalized spacial score (nSPS) is 16.3. The average molecular weight is 147 g/mol. The highest BCUT2D eigenvalue weighted by atomic mass is 16.6. The molecule has 0 aromatic rings. The maximum absolute atomic E-state index is 5.02. The lowest BCUT2D eigenvalue weighted by Crippen LogP contribution is -2.29. The third kappa shape index (κ3) is 2.94. The zero-order chi connectivity index (χ0) is 8.04. The van der Waals surface area contributed by atoms with Crippen molar-refractivity contribution in [1.29, 1.82) is 0 Å². The molecule has 0 aliphatic carbocycles. The summed E-state index contributed by atoms with van der Waals surface area (Å²) >= 11 is 0. The van der Waals surface area contributed by atoms with Crippen LogP contribution in [0.15, 0.2) is 0 Å². The Kier molecular flexibility index (Phi) is 4.23. The minimum atomic E-state index is -0.601. The Morgan fingerprint density at radius 1 is 1.50 bits per heavy atom. The maximum Gasteiger partial charge on any atom is 0.387 e. The molecule has 3 nitrogen and oxygen atoms in total. The van der Waals surface area contributed by atoms with Crippen LogP contribution in [0.5, 0.6) is 0 Å². The number of hydrogen-bond donors (Lipinski definition) is 0. The van der Waals surface area contributed by atoms with Crippen LogP contribution < -0.4 is 0 Å². The highest BCUT2D eigenvalue weighted by Gasteiger charge is 2.32. The van der Waals surface area contributed by atoms with Gasteiger partial charge in [-0.15, -0.1) is 0 Å². The fraction of sp³-hybridized carbons (Fsp3) is 0.857. The van der Waals surface area contributed by atoms with E-state index in [2.05, 4.69) is 6.79 Å². The van der Waals surface area contributed by atoms with Crippen molar-refractivity contribution in [1.82, 2.24) is 0 Å². The molecule has 3 heteroatoms. The minimum Gasteiger partial charge on any atom is -0.384 e. The van der Waals surface area contributed by atoms with E-state index in [1.807, 2.05) is 6.92 Å². The van der Waals surface area contributed by atoms with Crippen molar-refractivity contribution in [2.75, 3.05) is 20.8 Å². The molecular weight excluding hydrogens is 132 g/mol. The molecular formula is C7H15O3+. The molecule has 0 aliphatic heterocycles. The Hall–Kier alpha value is -0.410. The summed E-state index contributed by atoms with van der Waals surface area (Å²) in [5.74, 6) is -0.601. The summed E-state index contributed by atoms with van der Waals surface area (Å²) in [7, 11) is 3.22. The second-order valence-corrected chi connectivity index (χ2v) is 2.23. The van der Waals surface area contributed by atoms with Gasteiger partial charge in [0.05, 0.1) is 20.0 Å². The number of methoxy groups -OCH3 is 2. The first-order valence-corrected chi connectivity index (χ1v) is 3.16. The lowest BCUT2D eigenvalue weighted by Gasteiger charge is -2.10. The van der Waals surface area contributed by atoms with E-state index >= 15 is 0 Å². The lowest BCUT2D eigenvalue weighted by molar-refractivity contribution is -0.606. The molecule has 0 aromatic heterocycles. The zero-order valence-corrected chi connectivity index (χ0v) is 6.85. The topological polar surface area (TPSA) is 29.8 Å². The van der Waals surface area contributed by atoms with Gasteiger partial charge in [-0.1, -0.05) is 0 Å². The minimum absolute atomic E-state index is 0.601. The van der Waals surface area contributed by atoms with Crippen molar-refractivity contribution in [3.8, 4) is 0 Å². The third-order valence-corrected chi connectivity index (χ3v) is 1.50. The molecule has 0 N–H and O–H groups in total. The number of rotatable bonds is 5. The van der Waals surface area contributed by atoms with E-state index in [4.69, 9.17) is 13.9 Å². The summed E-state index contributed by atoms with van der Waals surface area (Å²) in [5, 5.41) is 0. The quantitative estimate of drug-likeness (QED) is 0.424. The predicted octanol–water partition coefficient (Wildman–Crippen LogP) is 0.750. The van der Waals surface area contributed by atoms with E-state index in [9.17, 15) is 0 Å². The molecule has 0 heterocycles. The van der Waals surface area contributed by atoms with Gasteiger partial charge in [0, 0.05) is 14.2 Å². The van der Waals surface area contributed by atoms with Gasteiger partial charge in [-0.3, -0.25) is 4.74 Å². The van der Waals surface area contributed by atoms with Gasteiger partial charge < -0.3 is 4.74 Å². The molecule has 60 valence electrons. The second kappa shape index (κ2) is 4.41. The highest BCUT2D eigenvalue weighted by molar-refractivity contribution is 5.12. The first-order chi connectivity index (χ1) is 4.68. The summed E-state index contributed by atoms with van der Waals surface area (Å²) in [6, 6.07) is 0. The van der Waals surface area contributed by atoms with E-state index in [1.54, 1.807) is 14.2 Å². The van der Waals surface area contributed by atoms with Gasteiger partial charge in [0.25, 0.3) is 6.79 Å². The van der Waals surface area contributed by atoms with Crippen molar-refractivity contribution < 1.29 is 13.9 Å². The van der Waals surface area contributed by atoms with Crippen LogP contribution in [0.25, 0.3) is 0 Å². The molecule has 0 rings (SSSR count). The molecule has 10 heavy (non-hydrogen) atoms. The van der Waals surface area contributed by atoms with Crippen molar-refractivity contribution >= 4 is 6.79 Å². The molecule has 0 bridgehead atoms. The summed E-state index contributed by atoms with van der Waals surface area (Å²) in [4.78, 5) is 0. The lowest BCUT2D eigenvalue weighted by atomic mass is 10.2. The van der Waals surface area contributed by atoms with Gasteiger partial charge >= 0.3 is 5.79 Å². The second-order valence-electron chi connectivity index (χ2n) is 2.23. The van der Waals surface area contributed by atoms with Crippen molar-refractivity contribution in [2.24, 2.45) is 0 Å². The van der Waals surface area contributed by atoms with E-state index in [1.165, 1.54) is 0 Å². The maximum atomic E-state index is 5.02. The van der Waals surface area contributed by atoms with Gasteiger partial charge in [-0.25, -0.2) is 4.42 Å². The van der Waals surface area contributed by atoms with Crippen LogP contribution in [0, 0.1) is 0 Å². The molecule has 0 fully saturated rings. The standard InChI is InChI=1S/C7H15O3/c1-7(9-3,10-4)5-6-8-2/h3,5-6H2,1-2,4H3/q+1. The van der Waals surface area contributed by atoms with Gasteiger partial charge in [0.2, 0.25) is 0 Å². The third-order valence-electron chi connectivity index (χ3n) is 1.50. The average Bonchev–Trinajstić information content (AvgIpc) is 2.00. The van der Waals surface area contributed by atoms with E-state index in [0.717, 1.165) is 0 Å². The van der Waals surface area contributed by atoms with Gasteiger partial charge in [0.15, 0.2) is 0 Å². The Balaban J connectivity index is 3.68. The fourth-order valence-corrected chi connectivity index (χ4v) is 0.521. The highest BCUT2D eigenvalue weighted by Crippen LogP contribution is 2.10. The predicted molar refractivity (Wildman–Crippen MR) is 39.0 cm³/mol. The van der Waals surface area contributed by atoms with Gasteiger partial charge in [-0.2, -0.15) is 0 Å². The van der Waals surface area contributed by atoms with Crippen LogP contribution >= 0.6 is 0 Å². The molecule has 0 radical (unpaired) electrons. The molecule has 0 saturated carbocycles. The van der Waals surface area contributed by atoms with E-state index < -0.39 is 5.79 Å². The largest absolute Gasteiger partial charge is 0.387 e. The van der Waals surface area contributed by atoms with Crippen LogP contribution in [0.1, 0.15) is 13.3 Å². The van der Waals surface area contributed by atoms with Crippen molar-refractivity contribution in [3.63, 3.8) is 0 Å². The van der Waals surface area contributed by atoms with Crippen LogP contribution in [0.2, 0.25) is 0 Å². The monoisotopic (exact) mass is 147 g/mol. The first kappa shape index (κ1) is 9.59. The smallest absolute Gasteiger partial charge is 0.384 e. The van der Waals surface area contributed by atoms with Crippen LogP contribution in [-0.4, -0.2) is 33.4 Å². The molecule has 0 amide bonds. The first-order valence-electron chi connectivity index (χ1n) is 3.16. The zero-order valence-electron chi connectivity index (χ0n) is 6.85. The van der Waals surface area contributed by atoms with E-state index in [-0.39, 0.29) is 0 Å². The Morgan fingerprint density at radius 2 is 2.10 bits per heavy atom. The van der Waals surface area contributed by atoms with Crippen molar-refractivity contribution in [3.05, 3.63) is 0 Å². The Morgan fingerprint density at radius 3 is 2.40 bits per heavy atom. The summed E-state index contributed by atoms with van der Waals surface area (Å²) in [6.07, 6.45) is 0.684. The summed E-state index contributed by atoms with van der Waals surface area (Å²) < 4.78 is 14.7. The number of hydrogen-bond acceptors (Lipinski definition) is 2. The van der Waals surface area contributed by atoms with Crippen LogP contribution in [0.3, 0.4) is 0 Å². The van der Waals surface area contributed by atoms with Crippen LogP contribution in [0.4, 0.5) is 0 Å². The SMILES string of the molecule is C=[O+]C(C)(CCOC)OC. The Bertz CT molecular complexity index is 103. The van der Waals surface area contributed by atoms with Crippen molar-refractivity contribution in [2.45, 2.75) is 19.1 Å². The summed E-state index contributed by atoms with van der Waals surface area (Å²) in [5.41, 5.74) is 0. The Labute approximate surface area is 61.6 Å². The number of ether oxygens (including phenoxy) is 2. The van der Waals surface area contributed by atoms with Gasteiger partial charge in [-0.05, 0) is 0 Å².